The third-order valence-corrected chi connectivity index (χ3v) is 5.51. The molecule has 2 aromatic rings. The largest absolute Gasteiger partial charge is 0.569 e. The van der Waals surface area contributed by atoms with Crippen molar-refractivity contribution in [3.63, 3.8) is 0 Å². The van der Waals surface area contributed by atoms with Crippen LogP contribution in [0.5, 0.6) is 0 Å². The molecular weight excluding hydrogens is 485 g/mol. The van der Waals surface area contributed by atoms with E-state index in [2.05, 4.69) is 14.9 Å². The van der Waals surface area contributed by atoms with E-state index in [1.807, 2.05) is 0 Å². The number of carbonyl (C=O) groups is 2. The topological polar surface area (TPSA) is 138 Å². The monoisotopic (exact) mass is 509 g/mol. The van der Waals surface area contributed by atoms with Gasteiger partial charge < -0.3 is 19.5 Å². The Kier molecular flexibility index (Phi) is 9.70. The Morgan fingerprint density at radius 1 is 1.11 bits per heavy atom. The molecule has 2 aromatic carbocycles. The van der Waals surface area contributed by atoms with E-state index in [4.69, 9.17) is 4.74 Å². The summed E-state index contributed by atoms with van der Waals surface area (Å²) in [6, 6.07) is 11.0. The quantitative estimate of drug-likeness (QED) is 0.0654. The van der Waals surface area contributed by atoms with Crippen LogP contribution in [0, 0.1) is 11.0 Å². The Bertz CT molecular complexity index is 1200. The number of rotatable bonds is 11. The molecule has 0 spiro atoms. The summed E-state index contributed by atoms with van der Waals surface area (Å²) in [6.07, 6.45) is 2.56. The molecular formula is C22H24FN3O8S. The first kappa shape index (κ1) is 27.2. The molecule has 0 aromatic heterocycles. The van der Waals surface area contributed by atoms with Crippen LogP contribution in [0.3, 0.4) is 0 Å². The second-order valence-corrected chi connectivity index (χ2v) is 9.16. The van der Waals surface area contributed by atoms with Crippen molar-refractivity contribution in [1.29, 1.82) is 0 Å². The van der Waals surface area contributed by atoms with E-state index in [1.165, 1.54) is 61.7 Å². The minimum Gasteiger partial charge on any atom is -0.569 e. The molecule has 0 fully saturated rings. The van der Waals surface area contributed by atoms with Gasteiger partial charge >= 0.3 is 11.9 Å². The standard InChI is InChI=1S/C22H24FN3O8S/c1-16(27)33-15-34-24-26(29)25(2)12-13-32-22(28)21(18-6-8-19(23)9-7-18)14-17-4-10-20(11-5-17)35(3,30)31/h4-11,14H,12-13,15H2,1-3H3/b21-14+,26-24-. The fourth-order valence-corrected chi connectivity index (χ4v) is 3.18. The van der Waals surface area contributed by atoms with Crippen molar-refractivity contribution < 1.29 is 41.7 Å². The van der Waals surface area contributed by atoms with E-state index >= 15 is 0 Å². The van der Waals surface area contributed by atoms with Crippen molar-refractivity contribution in [1.82, 2.24) is 5.01 Å². The van der Waals surface area contributed by atoms with Gasteiger partial charge in [0.05, 0.1) is 22.5 Å². The Labute approximate surface area is 201 Å². The Morgan fingerprint density at radius 3 is 2.31 bits per heavy atom. The van der Waals surface area contributed by atoms with Crippen LogP contribution in [-0.4, -0.2) is 63.6 Å². The average Bonchev–Trinajstić information content (AvgIpc) is 2.80. The normalized spacial score (nSPS) is 12.1. The first-order chi connectivity index (χ1) is 16.5. The van der Waals surface area contributed by atoms with Gasteiger partial charge in [-0.1, -0.05) is 24.3 Å². The van der Waals surface area contributed by atoms with Crippen LogP contribution in [0.4, 0.5) is 4.39 Å². The molecule has 13 heteroatoms. The predicted molar refractivity (Wildman–Crippen MR) is 121 cm³/mol. The number of sulfone groups is 1. The fraction of sp³-hybridized carbons (Fsp3) is 0.273. The summed E-state index contributed by atoms with van der Waals surface area (Å²) in [5.41, 5.74) is 0.977. The number of halogens is 1. The van der Waals surface area contributed by atoms with Crippen molar-refractivity contribution in [2.24, 2.45) is 5.28 Å². The van der Waals surface area contributed by atoms with Crippen molar-refractivity contribution in [2.75, 3.05) is 33.2 Å². The number of nitrogens with zero attached hydrogens (tertiary/aromatic N) is 3. The first-order valence-corrected chi connectivity index (χ1v) is 12.0. The maximum Gasteiger partial charge on any atom is 0.338 e. The Morgan fingerprint density at radius 2 is 1.74 bits per heavy atom. The third kappa shape index (κ3) is 9.04. The van der Waals surface area contributed by atoms with Crippen LogP contribution in [-0.2, 0) is 33.7 Å². The number of ether oxygens (including phenoxy) is 2. The zero-order valence-corrected chi connectivity index (χ0v) is 20.0. The molecule has 0 aliphatic carbocycles. The lowest BCUT2D eigenvalue weighted by Gasteiger charge is -2.14. The highest BCUT2D eigenvalue weighted by molar-refractivity contribution is 7.90. The maximum absolute atomic E-state index is 13.4. The molecule has 35 heavy (non-hydrogen) atoms. The lowest BCUT2D eigenvalue weighted by Crippen LogP contribution is -2.30. The van der Waals surface area contributed by atoms with Crippen molar-refractivity contribution >= 4 is 33.4 Å². The number of hydrogen-bond acceptors (Lipinski definition) is 9. The molecule has 0 bridgehead atoms. The smallest absolute Gasteiger partial charge is 0.338 e. The van der Waals surface area contributed by atoms with Crippen LogP contribution >= 0.6 is 0 Å². The molecule has 0 amide bonds. The number of benzene rings is 2. The molecule has 0 N–H and O–H groups in total. The SMILES string of the molecule is CC(=O)OCO/N=[N+](\[O-])N(C)CCOC(=O)/C(=C/c1ccc(S(C)(=O)=O)cc1)c1ccc(F)cc1. The summed E-state index contributed by atoms with van der Waals surface area (Å²) < 4.78 is 46.4. The van der Waals surface area contributed by atoms with Crippen molar-refractivity contribution in [2.45, 2.75) is 11.8 Å². The van der Waals surface area contributed by atoms with E-state index in [0.29, 0.717) is 11.1 Å². The molecule has 0 saturated heterocycles. The molecule has 11 nitrogen and oxygen atoms in total. The van der Waals surface area contributed by atoms with E-state index in [-0.39, 0.29) is 28.6 Å². The van der Waals surface area contributed by atoms with Gasteiger partial charge in [-0.2, -0.15) is 0 Å². The average molecular weight is 510 g/mol. The van der Waals surface area contributed by atoms with Crippen LogP contribution < -0.4 is 0 Å². The van der Waals surface area contributed by atoms with Gasteiger partial charge in [0.1, 0.15) is 19.0 Å². The zero-order valence-electron chi connectivity index (χ0n) is 19.2. The Balaban J connectivity index is 2.11. The first-order valence-electron chi connectivity index (χ1n) is 10.1. The highest BCUT2D eigenvalue weighted by Gasteiger charge is 2.16. The highest BCUT2D eigenvalue weighted by Crippen LogP contribution is 2.21. The van der Waals surface area contributed by atoms with Gasteiger partial charge in [-0.05, 0) is 41.5 Å². The van der Waals surface area contributed by atoms with E-state index in [9.17, 15) is 27.6 Å². The molecule has 0 radical (unpaired) electrons. The van der Waals surface area contributed by atoms with E-state index in [1.54, 1.807) is 0 Å². The summed E-state index contributed by atoms with van der Waals surface area (Å²) in [4.78, 5) is 28.2. The number of hydrogen-bond donors (Lipinski definition) is 0. The molecule has 0 saturated carbocycles. The zero-order chi connectivity index (χ0) is 26.0. The molecule has 0 aliphatic heterocycles. The van der Waals surface area contributed by atoms with Crippen LogP contribution in [0.1, 0.15) is 18.1 Å². The van der Waals surface area contributed by atoms with Gasteiger partial charge in [0, 0.05) is 13.2 Å². The maximum atomic E-state index is 13.4. The molecule has 0 unspecified atom stereocenters. The number of likely N-dealkylation sites (N-methyl/N-ethyl adjacent to an activating group) is 1. The Hall–Kier alpha value is -4.00. The number of hydrazine groups is 1. The van der Waals surface area contributed by atoms with Gasteiger partial charge in [0.15, 0.2) is 9.84 Å². The lowest BCUT2D eigenvalue weighted by atomic mass is 10.0. The summed E-state index contributed by atoms with van der Waals surface area (Å²) >= 11 is 0. The van der Waals surface area contributed by atoms with Gasteiger partial charge in [-0.15, -0.1) is 5.01 Å². The third-order valence-electron chi connectivity index (χ3n) is 4.38. The minimum atomic E-state index is -3.39. The second kappa shape index (κ2) is 12.5. The summed E-state index contributed by atoms with van der Waals surface area (Å²) in [7, 11) is -2.03. The lowest BCUT2D eigenvalue weighted by molar-refractivity contribution is -0.706. The predicted octanol–water partition coefficient (Wildman–Crippen LogP) is 2.57. The summed E-state index contributed by atoms with van der Waals surface area (Å²) in [6.45, 7) is 0.362. The fourth-order valence-electron chi connectivity index (χ4n) is 2.55. The highest BCUT2D eigenvalue weighted by atomic mass is 32.2. The van der Waals surface area contributed by atoms with Crippen LogP contribution in [0.15, 0.2) is 58.7 Å². The molecule has 0 heterocycles. The molecule has 0 aliphatic rings. The number of carbonyl (C=O) groups excluding carboxylic acids is 2. The number of esters is 2. The summed E-state index contributed by atoms with van der Waals surface area (Å²) in [5, 5.41) is 16.0. The van der Waals surface area contributed by atoms with Crippen molar-refractivity contribution in [3.05, 3.63) is 70.7 Å². The van der Waals surface area contributed by atoms with Gasteiger partial charge in [-0.25, -0.2) is 17.6 Å². The van der Waals surface area contributed by atoms with E-state index < -0.39 is 34.4 Å². The second-order valence-electron chi connectivity index (χ2n) is 7.14. The van der Waals surface area contributed by atoms with Gasteiger partial charge in [-0.3, -0.25) is 4.79 Å². The molecule has 0 atom stereocenters. The van der Waals surface area contributed by atoms with Crippen LogP contribution in [0.2, 0.25) is 0 Å². The summed E-state index contributed by atoms with van der Waals surface area (Å²) in [5.74, 6) is -1.84. The van der Waals surface area contributed by atoms with Crippen molar-refractivity contribution in [3.8, 4) is 0 Å². The molecule has 188 valence electrons. The van der Waals surface area contributed by atoms with Crippen LogP contribution in [0.25, 0.3) is 11.6 Å². The minimum absolute atomic E-state index is 0.0601. The van der Waals surface area contributed by atoms with Gasteiger partial charge in [0.25, 0.3) is 6.79 Å². The molecule has 2 rings (SSSR count). The van der Waals surface area contributed by atoms with Gasteiger partial charge in [0.2, 0.25) is 5.28 Å². The van der Waals surface area contributed by atoms with E-state index in [0.717, 1.165) is 18.2 Å².